The molecule has 2 amide bonds. The Morgan fingerprint density at radius 1 is 1.10 bits per heavy atom. The van der Waals surface area contributed by atoms with Crippen LogP contribution in [-0.2, 0) is 9.59 Å². The minimum absolute atomic E-state index is 0.0476. The molecule has 3 rings (SSSR count). The average Bonchev–Trinajstić information content (AvgIpc) is 3.43. The average molecular weight is 432 g/mol. The van der Waals surface area contributed by atoms with Crippen molar-refractivity contribution in [1.29, 1.82) is 0 Å². The van der Waals surface area contributed by atoms with Crippen molar-refractivity contribution in [3.05, 3.63) is 12.2 Å². The van der Waals surface area contributed by atoms with E-state index in [2.05, 4.69) is 62.6 Å². The summed E-state index contributed by atoms with van der Waals surface area (Å²) in [5.41, 5.74) is 0. The molecule has 0 aromatic rings. The lowest BCUT2D eigenvalue weighted by molar-refractivity contribution is -0.140. The van der Waals surface area contributed by atoms with Gasteiger partial charge in [0, 0.05) is 25.7 Å². The van der Waals surface area contributed by atoms with Gasteiger partial charge in [-0.1, -0.05) is 38.8 Å². The van der Waals surface area contributed by atoms with Crippen LogP contribution < -0.4 is 10.6 Å². The first kappa shape index (κ1) is 23.8. The quantitative estimate of drug-likeness (QED) is 0.172. The number of carbonyl (C=O) groups is 2. The lowest BCUT2D eigenvalue weighted by Crippen LogP contribution is -2.42. The van der Waals surface area contributed by atoms with Gasteiger partial charge in [0.25, 0.3) is 0 Å². The number of amides is 2. The number of fused-ring (bicyclic) bond motifs is 5. The summed E-state index contributed by atoms with van der Waals surface area (Å²) in [6, 6.07) is 0.411. The number of guanidine groups is 1. The molecule has 31 heavy (non-hydrogen) atoms. The molecule has 2 bridgehead atoms. The van der Waals surface area contributed by atoms with Crippen LogP contribution in [0.2, 0.25) is 0 Å². The van der Waals surface area contributed by atoms with Crippen LogP contribution in [0.5, 0.6) is 0 Å². The van der Waals surface area contributed by atoms with Crippen molar-refractivity contribution in [2.24, 2.45) is 34.6 Å². The fraction of sp³-hybridized carbons (Fsp3) is 0.792. The maximum Gasteiger partial charge on any atom is 0.233 e. The highest BCUT2D eigenvalue weighted by atomic mass is 16.2. The van der Waals surface area contributed by atoms with E-state index in [9.17, 15) is 9.59 Å². The molecule has 174 valence electrons. The first-order valence-electron chi connectivity index (χ1n) is 12.1. The van der Waals surface area contributed by atoms with Crippen LogP contribution in [0.1, 0.15) is 46.5 Å². The van der Waals surface area contributed by atoms with Crippen molar-refractivity contribution < 1.29 is 9.59 Å². The number of aliphatic imine (C=N–C) groups is 1. The number of rotatable bonds is 11. The van der Waals surface area contributed by atoms with E-state index in [0.717, 1.165) is 44.7 Å². The second kappa shape index (κ2) is 10.6. The van der Waals surface area contributed by atoms with E-state index in [1.165, 1.54) is 4.90 Å². The molecule has 0 aromatic carbocycles. The van der Waals surface area contributed by atoms with Crippen LogP contribution in [0.15, 0.2) is 17.1 Å². The van der Waals surface area contributed by atoms with Crippen molar-refractivity contribution in [3.63, 3.8) is 0 Å². The third-order valence-electron chi connectivity index (χ3n) is 7.45. The lowest BCUT2D eigenvalue weighted by atomic mass is 9.85. The Balaban J connectivity index is 1.49. The van der Waals surface area contributed by atoms with Gasteiger partial charge in [0.15, 0.2) is 5.96 Å². The van der Waals surface area contributed by atoms with E-state index in [1.54, 1.807) is 0 Å². The van der Waals surface area contributed by atoms with E-state index in [0.29, 0.717) is 25.0 Å². The fourth-order valence-electron chi connectivity index (χ4n) is 5.72. The predicted octanol–water partition coefficient (Wildman–Crippen LogP) is 2.11. The SMILES string of the molecule is CCNC(=NCC(C(CC)CC)N(C)C)NCCCN1C(=O)C2C3C=CC(C3)C2C1=O. The molecule has 3 aliphatic rings. The van der Waals surface area contributed by atoms with Crippen LogP contribution in [-0.4, -0.2) is 73.9 Å². The molecule has 5 unspecified atom stereocenters. The Bertz CT molecular complexity index is 670. The van der Waals surface area contributed by atoms with Gasteiger partial charge in [-0.3, -0.25) is 19.5 Å². The minimum Gasteiger partial charge on any atom is -0.357 e. The van der Waals surface area contributed by atoms with Gasteiger partial charge in [-0.2, -0.15) is 0 Å². The minimum atomic E-state index is -0.0950. The van der Waals surface area contributed by atoms with Crippen LogP contribution in [0.25, 0.3) is 0 Å². The van der Waals surface area contributed by atoms with Gasteiger partial charge < -0.3 is 15.5 Å². The van der Waals surface area contributed by atoms with Gasteiger partial charge in [0.05, 0.1) is 18.4 Å². The summed E-state index contributed by atoms with van der Waals surface area (Å²) in [5, 5.41) is 6.70. The summed E-state index contributed by atoms with van der Waals surface area (Å²) in [4.78, 5) is 34.2. The lowest BCUT2D eigenvalue weighted by Gasteiger charge is -2.30. The largest absolute Gasteiger partial charge is 0.357 e. The molecule has 7 nitrogen and oxygen atoms in total. The molecule has 1 heterocycles. The Morgan fingerprint density at radius 3 is 2.23 bits per heavy atom. The smallest absolute Gasteiger partial charge is 0.233 e. The number of hydrogen-bond acceptors (Lipinski definition) is 4. The van der Waals surface area contributed by atoms with E-state index in [-0.39, 0.29) is 35.5 Å². The van der Waals surface area contributed by atoms with Crippen LogP contribution >= 0.6 is 0 Å². The van der Waals surface area contributed by atoms with Gasteiger partial charge in [0.2, 0.25) is 11.8 Å². The molecule has 1 aliphatic heterocycles. The number of carbonyl (C=O) groups excluding carboxylic acids is 2. The second-order valence-electron chi connectivity index (χ2n) is 9.44. The monoisotopic (exact) mass is 431 g/mol. The molecule has 0 radical (unpaired) electrons. The number of nitrogens with zero attached hydrogens (tertiary/aromatic N) is 3. The van der Waals surface area contributed by atoms with Crippen LogP contribution in [0.3, 0.4) is 0 Å². The van der Waals surface area contributed by atoms with Gasteiger partial charge in [-0.05, 0) is 51.6 Å². The molecule has 1 saturated heterocycles. The molecular weight excluding hydrogens is 390 g/mol. The molecule has 1 saturated carbocycles. The molecule has 5 atom stereocenters. The number of likely N-dealkylation sites (tertiary alicyclic amines) is 1. The van der Waals surface area contributed by atoms with Gasteiger partial charge in [-0.25, -0.2) is 0 Å². The van der Waals surface area contributed by atoms with E-state index in [1.807, 2.05) is 0 Å². The van der Waals surface area contributed by atoms with Crippen molar-refractivity contribution in [1.82, 2.24) is 20.4 Å². The molecule has 0 aromatic heterocycles. The number of nitrogens with one attached hydrogen (secondary N) is 2. The first-order valence-corrected chi connectivity index (χ1v) is 12.1. The number of hydrogen-bond donors (Lipinski definition) is 2. The normalized spacial score (nSPS) is 28.2. The van der Waals surface area contributed by atoms with Crippen molar-refractivity contribution in [2.75, 3.05) is 40.3 Å². The van der Waals surface area contributed by atoms with Crippen molar-refractivity contribution in [2.45, 2.75) is 52.5 Å². The summed E-state index contributed by atoms with van der Waals surface area (Å²) in [5.74, 6) is 1.89. The highest BCUT2D eigenvalue weighted by molar-refractivity contribution is 6.06. The van der Waals surface area contributed by atoms with E-state index in [4.69, 9.17) is 4.99 Å². The van der Waals surface area contributed by atoms with Gasteiger partial charge in [-0.15, -0.1) is 0 Å². The fourth-order valence-corrected chi connectivity index (χ4v) is 5.72. The zero-order valence-corrected chi connectivity index (χ0v) is 19.9. The van der Waals surface area contributed by atoms with Crippen molar-refractivity contribution in [3.8, 4) is 0 Å². The molecule has 7 heteroatoms. The van der Waals surface area contributed by atoms with Gasteiger partial charge >= 0.3 is 0 Å². The third-order valence-corrected chi connectivity index (χ3v) is 7.45. The Labute approximate surface area is 187 Å². The van der Waals surface area contributed by atoms with E-state index < -0.39 is 0 Å². The summed E-state index contributed by atoms with van der Waals surface area (Å²) in [7, 11) is 4.25. The Hall–Kier alpha value is -1.89. The zero-order chi connectivity index (χ0) is 22.5. The van der Waals surface area contributed by atoms with E-state index >= 15 is 0 Å². The summed E-state index contributed by atoms with van der Waals surface area (Å²) < 4.78 is 0. The molecular formula is C24H41N5O2. The molecule has 2 fully saturated rings. The Morgan fingerprint density at radius 2 is 1.71 bits per heavy atom. The number of likely N-dealkylation sites (N-methyl/N-ethyl adjacent to an activating group) is 1. The van der Waals surface area contributed by atoms with Crippen LogP contribution in [0.4, 0.5) is 0 Å². The molecule has 2 aliphatic carbocycles. The summed E-state index contributed by atoms with van der Waals surface area (Å²) >= 11 is 0. The standard InChI is InChI=1S/C24H41N5O2/c1-6-16(7-2)19(28(4)5)15-27-24(25-8-3)26-12-9-13-29-22(30)20-17-10-11-18(14-17)21(20)23(29)31/h10-11,16-21H,6-9,12-15H2,1-5H3,(H2,25,26,27). The highest BCUT2D eigenvalue weighted by Crippen LogP contribution is 2.52. The second-order valence-corrected chi connectivity index (χ2v) is 9.44. The predicted molar refractivity (Wildman–Crippen MR) is 125 cm³/mol. The maximum absolute atomic E-state index is 12.8. The molecule has 2 N–H and O–H groups in total. The summed E-state index contributed by atoms with van der Waals surface area (Å²) in [6.07, 6.45) is 8.29. The third kappa shape index (κ3) is 4.97. The first-order chi connectivity index (χ1) is 14.9. The van der Waals surface area contributed by atoms with Crippen molar-refractivity contribution >= 4 is 17.8 Å². The van der Waals surface area contributed by atoms with Crippen LogP contribution in [0, 0.1) is 29.6 Å². The maximum atomic E-state index is 12.8. The zero-order valence-electron chi connectivity index (χ0n) is 19.9. The number of allylic oxidation sites excluding steroid dienone is 2. The number of imide groups is 1. The Kier molecular flexibility index (Phi) is 8.14. The molecule has 0 spiro atoms. The van der Waals surface area contributed by atoms with Gasteiger partial charge in [0.1, 0.15) is 0 Å². The topological polar surface area (TPSA) is 77.0 Å². The summed E-state index contributed by atoms with van der Waals surface area (Å²) in [6.45, 7) is 9.27. The highest BCUT2D eigenvalue weighted by Gasteiger charge is 2.58.